The number of hydrogen-bond acceptors (Lipinski definition) is 6. The second-order valence-electron chi connectivity index (χ2n) is 8.27. The average Bonchev–Trinajstić information content (AvgIpc) is 2.87. The Morgan fingerprint density at radius 3 is 1.22 bits per heavy atom. The standard InChI is InChI=1S/2C10H13NO3.2C4H9.Sn/c2*1-3-7-11(8-4-2)9(12)5-6-10(13)14;2*1-3-4-2;/h2*3-6H,1-2,7-8H2,(H,13,14);2*1,3-4H2,2H3;/q;;;;+2/p-2/b2*6-5-;;;. The van der Waals surface area contributed by atoms with Crippen molar-refractivity contribution in [1.82, 2.24) is 9.80 Å². The van der Waals surface area contributed by atoms with E-state index < -0.39 is 31.1 Å². The molecule has 0 aliphatic heterocycles. The van der Waals surface area contributed by atoms with Gasteiger partial charge in [0.05, 0.1) is 0 Å². The maximum absolute atomic E-state index is 12.8. The fourth-order valence-electron chi connectivity index (χ4n) is 3.30. The summed E-state index contributed by atoms with van der Waals surface area (Å²) in [7, 11) is 0. The molecule has 0 radical (unpaired) electrons. The van der Waals surface area contributed by atoms with E-state index in [2.05, 4.69) is 26.3 Å². The van der Waals surface area contributed by atoms with Crippen LogP contribution >= 0.6 is 0 Å². The van der Waals surface area contributed by atoms with E-state index in [4.69, 9.17) is 6.15 Å². The van der Waals surface area contributed by atoms with Gasteiger partial charge in [-0.2, -0.15) is 0 Å². The molecule has 8 nitrogen and oxygen atoms in total. The van der Waals surface area contributed by atoms with Crippen molar-refractivity contribution in [3.63, 3.8) is 0 Å². The summed E-state index contributed by atoms with van der Waals surface area (Å²) in [6.45, 7) is 19.7. The zero-order valence-electron chi connectivity index (χ0n) is 22.4. The van der Waals surface area contributed by atoms with Crippen molar-refractivity contribution in [2.24, 2.45) is 0 Å². The summed E-state index contributed by atoms with van der Waals surface area (Å²) in [6, 6.07) is 0. The Bertz CT molecular complexity index is 775. The number of rotatable bonds is 20. The normalized spacial score (nSPS) is 11.1. The van der Waals surface area contributed by atoms with Crippen LogP contribution in [-0.2, 0) is 25.3 Å². The van der Waals surface area contributed by atoms with Crippen LogP contribution in [0, 0.1) is 0 Å². The molecule has 0 saturated carbocycles. The van der Waals surface area contributed by atoms with Crippen LogP contribution in [0.25, 0.3) is 0 Å². The molecule has 0 heterocycles. The Balaban J connectivity index is 5.72. The Hall–Kier alpha value is -2.88. The van der Waals surface area contributed by atoms with Crippen LogP contribution in [0.1, 0.15) is 39.5 Å². The average molecular weight is 621 g/mol. The van der Waals surface area contributed by atoms with E-state index in [1.165, 1.54) is 9.80 Å². The third-order valence-electron chi connectivity index (χ3n) is 5.14. The Labute approximate surface area is 227 Å². The zero-order valence-corrected chi connectivity index (χ0v) is 25.2. The van der Waals surface area contributed by atoms with Gasteiger partial charge in [0.25, 0.3) is 0 Å². The van der Waals surface area contributed by atoms with Crippen molar-refractivity contribution in [3.8, 4) is 0 Å². The molecule has 0 bridgehead atoms. The molecule has 0 aliphatic carbocycles. The van der Waals surface area contributed by atoms with Gasteiger partial charge < -0.3 is 0 Å². The summed E-state index contributed by atoms with van der Waals surface area (Å²) in [4.78, 5) is 53.3. The number of unbranched alkanes of at least 4 members (excludes halogenated alkanes) is 2. The van der Waals surface area contributed by atoms with Gasteiger partial charge in [-0.15, -0.1) is 0 Å². The molecule has 37 heavy (non-hydrogen) atoms. The van der Waals surface area contributed by atoms with Gasteiger partial charge in [0.15, 0.2) is 0 Å². The van der Waals surface area contributed by atoms with Crippen LogP contribution in [0.3, 0.4) is 0 Å². The Kier molecular flexibility index (Phi) is 18.6. The van der Waals surface area contributed by atoms with E-state index in [-0.39, 0.29) is 11.8 Å². The molecule has 0 N–H and O–H groups in total. The van der Waals surface area contributed by atoms with Gasteiger partial charge in [-0.3, -0.25) is 0 Å². The van der Waals surface area contributed by atoms with Gasteiger partial charge in [0.2, 0.25) is 0 Å². The summed E-state index contributed by atoms with van der Waals surface area (Å²) >= 11 is -4.27. The van der Waals surface area contributed by atoms with Gasteiger partial charge in [0.1, 0.15) is 0 Å². The molecular formula is C28H42N2O6Sn. The fraction of sp³-hybridized carbons (Fsp3) is 0.429. The molecule has 0 aromatic rings. The van der Waals surface area contributed by atoms with Gasteiger partial charge >= 0.3 is 228 Å². The van der Waals surface area contributed by atoms with Crippen LogP contribution in [0.2, 0.25) is 8.87 Å². The van der Waals surface area contributed by atoms with Crippen molar-refractivity contribution in [1.29, 1.82) is 0 Å². The van der Waals surface area contributed by atoms with Crippen LogP contribution in [0.5, 0.6) is 0 Å². The topological polar surface area (TPSA) is 93.2 Å². The van der Waals surface area contributed by atoms with Crippen molar-refractivity contribution in [3.05, 3.63) is 74.9 Å². The molecule has 0 unspecified atom stereocenters. The first-order valence-corrected chi connectivity index (χ1v) is 18.9. The molecule has 204 valence electrons. The van der Waals surface area contributed by atoms with E-state index in [0.29, 0.717) is 35.1 Å². The van der Waals surface area contributed by atoms with Crippen molar-refractivity contribution in [2.45, 2.75) is 48.4 Å². The number of carbonyl (C=O) groups is 4. The first kappa shape index (κ1) is 34.1. The number of amides is 2. The Morgan fingerprint density at radius 1 is 0.622 bits per heavy atom. The summed E-state index contributed by atoms with van der Waals surface area (Å²) < 4.78 is 12.7. The van der Waals surface area contributed by atoms with E-state index >= 15 is 0 Å². The van der Waals surface area contributed by atoms with Crippen LogP contribution in [0.15, 0.2) is 74.9 Å². The van der Waals surface area contributed by atoms with E-state index in [9.17, 15) is 19.2 Å². The van der Waals surface area contributed by atoms with Crippen molar-refractivity contribution < 1.29 is 25.3 Å². The summed E-state index contributed by atoms with van der Waals surface area (Å²) in [5, 5.41) is 0. The number of hydrogen-bond donors (Lipinski definition) is 0. The molecule has 2 amide bonds. The minimum atomic E-state index is -4.27. The Morgan fingerprint density at radius 2 is 0.946 bits per heavy atom. The third-order valence-corrected chi connectivity index (χ3v) is 14.8. The molecule has 0 aromatic carbocycles. The van der Waals surface area contributed by atoms with E-state index in [1.54, 1.807) is 24.3 Å². The van der Waals surface area contributed by atoms with Gasteiger partial charge in [-0.1, -0.05) is 0 Å². The summed E-state index contributed by atoms with van der Waals surface area (Å²) in [5.41, 5.74) is 0. The summed E-state index contributed by atoms with van der Waals surface area (Å²) in [5.74, 6) is -2.21. The van der Waals surface area contributed by atoms with Crippen LogP contribution in [-0.4, -0.2) is 78.9 Å². The fourth-order valence-corrected chi connectivity index (χ4v) is 12.9. The second-order valence-corrected chi connectivity index (χ2v) is 17.5. The molecule has 0 atom stereocenters. The van der Waals surface area contributed by atoms with Gasteiger partial charge in [-0.05, 0) is 0 Å². The number of carbonyl (C=O) groups excluding carboxylic acids is 4. The number of nitrogens with zero attached hydrogens (tertiary/aromatic N) is 2. The monoisotopic (exact) mass is 622 g/mol. The van der Waals surface area contributed by atoms with Gasteiger partial charge in [0, 0.05) is 0 Å². The summed E-state index contributed by atoms with van der Waals surface area (Å²) in [6.07, 6.45) is 13.9. The molecule has 0 fully saturated rings. The van der Waals surface area contributed by atoms with Gasteiger partial charge in [-0.25, -0.2) is 0 Å². The first-order chi connectivity index (χ1) is 17.7. The van der Waals surface area contributed by atoms with Crippen LogP contribution in [0.4, 0.5) is 0 Å². The maximum atomic E-state index is 12.8. The van der Waals surface area contributed by atoms with Crippen molar-refractivity contribution in [2.75, 3.05) is 26.2 Å². The predicted molar refractivity (Wildman–Crippen MR) is 150 cm³/mol. The first-order valence-electron chi connectivity index (χ1n) is 12.6. The molecule has 0 spiro atoms. The van der Waals surface area contributed by atoms with Crippen molar-refractivity contribution >= 4 is 43.0 Å². The third kappa shape index (κ3) is 14.4. The van der Waals surface area contributed by atoms with E-state index in [0.717, 1.165) is 50.0 Å². The molecule has 0 aromatic heterocycles. The minimum absolute atomic E-state index is 0.306. The SMILES string of the molecule is C=CCN(CC=C)C(=O)/C=C\C(=O)[O][Sn]([CH2]CCC)([CH2]CCC)[O]C(=O)/C=C\C(=O)N(CC=C)CC=C. The molecular weight excluding hydrogens is 579 g/mol. The molecule has 0 aliphatic rings. The second kappa shape index (κ2) is 20.2. The molecule has 0 rings (SSSR count). The molecule has 9 heteroatoms. The van der Waals surface area contributed by atoms with E-state index in [1.807, 2.05) is 13.8 Å². The predicted octanol–water partition coefficient (Wildman–Crippen LogP) is 4.63. The quantitative estimate of drug-likeness (QED) is 0.112. The van der Waals surface area contributed by atoms with Crippen LogP contribution < -0.4 is 0 Å². The zero-order chi connectivity index (χ0) is 28.1. The molecule has 0 saturated heterocycles.